The number of nitrogens with one attached hydrogen (secondary N) is 2. The Morgan fingerprint density at radius 2 is 1.83 bits per heavy atom. The first kappa shape index (κ1) is 17.9. The predicted octanol–water partition coefficient (Wildman–Crippen LogP) is 0.946. The summed E-state index contributed by atoms with van der Waals surface area (Å²) in [6, 6.07) is 3.22. The molecule has 8 nitrogen and oxygen atoms in total. The van der Waals surface area contributed by atoms with E-state index in [1.807, 2.05) is 0 Å². The number of amides is 2. The average molecular weight is 338 g/mol. The van der Waals surface area contributed by atoms with Crippen LogP contribution in [0.5, 0.6) is 17.2 Å². The van der Waals surface area contributed by atoms with Crippen LogP contribution in [0.2, 0.25) is 0 Å². The molecule has 0 saturated carbocycles. The van der Waals surface area contributed by atoms with Gasteiger partial charge in [0.1, 0.15) is 6.10 Å². The van der Waals surface area contributed by atoms with Gasteiger partial charge in [0.2, 0.25) is 17.6 Å². The van der Waals surface area contributed by atoms with Crippen LogP contribution in [0.15, 0.2) is 12.1 Å². The van der Waals surface area contributed by atoms with Crippen molar-refractivity contribution in [1.29, 1.82) is 0 Å². The van der Waals surface area contributed by atoms with Gasteiger partial charge in [-0.25, -0.2) is 0 Å². The normalized spacial score (nSPS) is 16.4. The van der Waals surface area contributed by atoms with Crippen LogP contribution in [-0.4, -0.2) is 52.4 Å². The van der Waals surface area contributed by atoms with Crippen LogP contribution in [0.25, 0.3) is 0 Å². The Balaban J connectivity index is 1.96. The molecule has 2 rings (SSSR count). The summed E-state index contributed by atoms with van der Waals surface area (Å²) in [5, 5.41) is 5.24. The van der Waals surface area contributed by atoms with Gasteiger partial charge in [-0.3, -0.25) is 9.59 Å². The molecule has 1 aliphatic heterocycles. The zero-order valence-corrected chi connectivity index (χ0v) is 14.0. The van der Waals surface area contributed by atoms with E-state index in [2.05, 4.69) is 10.6 Å². The molecule has 1 aliphatic rings. The van der Waals surface area contributed by atoms with E-state index in [1.54, 1.807) is 12.1 Å². The molecule has 132 valence electrons. The van der Waals surface area contributed by atoms with Crippen LogP contribution in [0.3, 0.4) is 0 Å². The number of rotatable bonds is 7. The van der Waals surface area contributed by atoms with Gasteiger partial charge in [-0.2, -0.15) is 0 Å². The van der Waals surface area contributed by atoms with E-state index in [9.17, 15) is 9.59 Å². The van der Waals surface area contributed by atoms with E-state index < -0.39 is 6.10 Å². The maximum Gasteiger partial charge on any atom is 0.249 e. The number of carbonyl (C=O) groups is 2. The summed E-state index contributed by atoms with van der Waals surface area (Å²) in [4.78, 5) is 23.8. The van der Waals surface area contributed by atoms with Gasteiger partial charge in [0.05, 0.1) is 27.9 Å². The maximum atomic E-state index is 12.0. The molecular formula is C16H22N2O6. The molecule has 1 aromatic rings. The second-order valence-corrected chi connectivity index (χ2v) is 5.18. The van der Waals surface area contributed by atoms with Crippen molar-refractivity contribution in [3.8, 4) is 17.2 Å². The Bertz CT molecular complexity index is 573. The fourth-order valence-corrected chi connectivity index (χ4v) is 2.42. The first-order valence-electron chi connectivity index (χ1n) is 7.58. The molecule has 1 aromatic carbocycles. The van der Waals surface area contributed by atoms with Crippen molar-refractivity contribution in [3.63, 3.8) is 0 Å². The summed E-state index contributed by atoms with van der Waals surface area (Å²) in [6.07, 6.45) is 1.08. The topological polar surface area (TPSA) is 95.1 Å². The molecule has 1 heterocycles. The van der Waals surface area contributed by atoms with Crippen LogP contribution in [0, 0.1) is 0 Å². The highest BCUT2D eigenvalue weighted by atomic mass is 16.5. The molecule has 1 atom stereocenters. The van der Waals surface area contributed by atoms with E-state index in [1.165, 1.54) is 21.3 Å². The SMILES string of the molecule is COc1cc(NC(=O)CNC(=O)C2CCCO2)cc(OC)c1OC. The second kappa shape index (κ2) is 8.39. The van der Waals surface area contributed by atoms with E-state index >= 15 is 0 Å². The molecule has 2 N–H and O–H groups in total. The van der Waals surface area contributed by atoms with Gasteiger partial charge >= 0.3 is 0 Å². The third kappa shape index (κ3) is 4.29. The summed E-state index contributed by atoms with van der Waals surface area (Å²) in [6.45, 7) is 0.436. The number of hydrogen-bond acceptors (Lipinski definition) is 6. The van der Waals surface area contributed by atoms with Gasteiger partial charge in [-0.05, 0) is 12.8 Å². The minimum absolute atomic E-state index is 0.143. The van der Waals surface area contributed by atoms with Crippen molar-refractivity contribution in [2.45, 2.75) is 18.9 Å². The van der Waals surface area contributed by atoms with Crippen molar-refractivity contribution in [2.24, 2.45) is 0 Å². The highest BCUT2D eigenvalue weighted by Crippen LogP contribution is 2.39. The molecule has 0 radical (unpaired) electrons. The largest absolute Gasteiger partial charge is 0.493 e. The molecular weight excluding hydrogens is 316 g/mol. The highest BCUT2D eigenvalue weighted by molar-refractivity contribution is 5.95. The Kier molecular flexibility index (Phi) is 6.25. The Morgan fingerprint density at radius 3 is 2.33 bits per heavy atom. The number of ether oxygens (including phenoxy) is 4. The Labute approximate surface area is 140 Å². The van der Waals surface area contributed by atoms with Gasteiger partial charge in [0.25, 0.3) is 0 Å². The van der Waals surface area contributed by atoms with Crippen molar-refractivity contribution in [1.82, 2.24) is 5.32 Å². The fourth-order valence-electron chi connectivity index (χ4n) is 2.42. The van der Waals surface area contributed by atoms with E-state index in [0.29, 0.717) is 36.0 Å². The fraction of sp³-hybridized carbons (Fsp3) is 0.500. The number of anilines is 1. The van der Waals surface area contributed by atoms with E-state index in [4.69, 9.17) is 18.9 Å². The number of carbonyl (C=O) groups excluding carboxylic acids is 2. The molecule has 1 fully saturated rings. The van der Waals surface area contributed by atoms with E-state index in [0.717, 1.165) is 6.42 Å². The summed E-state index contributed by atoms with van der Waals surface area (Å²) in [5.41, 5.74) is 0.473. The first-order valence-corrected chi connectivity index (χ1v) is 7.58. The van der Waals surface area contributed by atoms with Crippen LogP contribution < -0.4 is 24.8 Å². The first-order chi connectivity index (χ1) is 11.6. The van der Waals surface area contributed by atoms with Crippen LogP contribution in [0.4, 0.5) is 5.69 Å². The summed E-state index contributed by atoms with van der Waals surface area (Å²) < 4.78 is 20.9. The van der Waals surface area contributed by atoms with Gasteiger partial charge in [-0.1, -0.05) is 0 Å². The molecule has 0 bridgehead atoms. The summed E-state index contributed by atoms with van der Waals surface area (Å²) in [7, 11) is 4.48. The average Bonchev–Trinajstić information content (AvgIpc) is 3.13. The number of methoxy groups -OCH3 is 3. The highest BCUT2D eigenvalue weighted by Gasteiger charge is 2.23. The van der Waals surface area contributed by atoms with Gasteiger partial charge in [0.15, 0.2) is 11.5 Å². The quantitative estimate of drug-likeness (QED) is 0.768. The van der Waals surface area contributed by atoms with Crippen molar-refractivity contribution < 1.29 is 28.5 Å². The lowest BCUT2D eigenvalue weighted by Crippen LogP contribution is -2.39. The Morgan fingerprint density at radius 1 is 1.17 bits per heavy atom. The Hall–Kier alpha value is -2.48. The van der Waals surface area contributed by atoms with Gasteiger partial charge < -0.3 is 29.6 Å². The lowest BCUT2D eigenvalue weighted by atomic mass is 10.2. The predicted molar refractivity (Wildman–Crippen MR) is 86.7 cm³/mol. The molecule has 0 aliphatic carbocycles. The van der Waals surface area contributed by atoms with E-state index in [-0.39, 0.29) is 18.4 Å². The molecule has 8 heteroatoms. The van der Waals surface area contributed by atoms with Gasteiger partial charge in [-0.15, -0.1) is 0 Å². The third-order valence-electron chi connectivity index (χ3n) is 3.59. The lowest BCUT2D eigenvalue weighted by Gasteiger charge is -2.15. The standard InChI is InChI=1S/C16H22N2O6/c1-21-12-7-10(8-13(22-2)15(12)23-3)18-14(19)9-17-16(20)11-5-4-6-24-11/h7-8,11H,4-6,9H2,1-3H3,(H,17,20)(H,18,19). The zero-order valence-electron chi connectivity index (χ0n) is 14.0. The smallest absolute Gasteiger partial charge is 0.249 e. The zero-order chi connectivity index (χ0) is 17.5. The molecule has 2 amide bonds. The molecule has 0 spiro atoms. The van der Waals surface area contributed by atoms with Crippen molar-refractivity contribution >= 4 is 17.5 Å². The van der Waals surface area contributed by atoms with Crippen LogP contribution >= 0.6 is 0 Å². The van der Waals surface area contributed by atoms with Gasteiger partial charge in [0, 0.05) is 24.4 Å². The minimum Gasteiger partial charge on any atom is -0.493 e. The third-order valence-corrected chi connectivity index (χ3v) is 3.59. The second-order valence-electron chi connectivity index (χ2n) is 5.18. The molecule has 1 unspecified atom stereocenters. The summed E-state index contributed by atoms with van der Waals surface area (Å²) >= 11 is 0. The van der Waals surface area contributed by atoms with Crippen LogP contribution in [0.1, 0.15) is 12.8 Å². The monoisotopic (exact) mass is 338 g/mol. The molecule has 1 saturated heterocycles. The van der Waals surface area contributed by atoms with Crippen molar-refractivity contribution in [2.75, 3.05) is 39.8 Å². The maximum absolute atomic E-state index is 12.0. The molecule has 0 aromatic heterocycles. The van der Waals surface area contributed by atoms with Crippen molar-refractivity contribution in [3.05, 3.63) is 12.1 Å². The summed E-state index contributed by atoms with van der Waals surface area (Å²) in [5.74, 6) is 0.652. The van der Waals surface area contributed by atoms with Crippen LogP contribution in [-0.2, 0) is 14.3 Å². The number of hydrogen-bond donors (Lipinski definition) is 2. The molecule has 24 heavy (non-hydrogen) atoms. The number of benzene rings is 1. The minimum atomic E-state index is -0.459. The lowest BCUT2D eigenvalue weighted by molar-refractivity contribution is -0.131.